The van der Waals surface area contributed by atoms with Gasteiger partial charge in [-0.15, -0.1) is 0 Å². The molecule has 1 aromatic rings. The number of nitrogens with two attached hydrogens (primary N) is 2. The number of hydrazine groups is 1. The third kappa shape index (κ3) is 2.59. The number of rotatable bonds is 2. The Kier molecular flexibility index (Phi) is 4.30. The molecule has 0 unspecified atom stereocenters. The number of imide groups is 1. The zero-order valence-corrected chi connectivity index (χ0v) is 9.24. The molecule has 0 saturated heterocycles. The maximum Gasteiger partial charge on any atom is 0.335 e. The smallest absolute Gasteiger partial charge is 0.335 e. The Bertz CT molecular complexity index is 507. The summed E-state index contributed by atoms with van der Waals surface area (Å²) in [5.74, 6) is 5.97. The lowest BCUT2D eigenvalue weighted by Crippen LogP contribution is -2.29. The molecule has 0 fully saturated rings. The molecule has 5 N–H and O–H groups in total. The topological polar surface area (TPSA) is 127 Å². The van der Waals surface area contributed by atoms with Gasteiger partial charge in [-0.05, 0) is 18.2 Å². The molecule has 0 radical (unpaired) electrons. The van der Waals surface area contributed by atoms with Crippen LogP contribution in [0.4, 0.5) is 5.69 Å². The molecule has 94 valence electrons. The standard InChI is InChI=1S/C11H7NO4.H4N2/c13-9-4-5-10(14)12(9)8-3-1-2-7(6-8)11(15)16;1-2/h1-6H,(H,15,16);1-2H2. The van der Waals surface area contributed by atoms with Crippen LogP contribution in [-0.2, 0) is 9.59 Å². The Labute approximate surface area is 102 Å². The van der Waals surface area contributed by atoms with E-state index in [9.17, 15) is 14.4 Å². The van der Waals surface area contributed by atoms with E-state index in [1.165, 1.54) is 24.3 Å². The third-order valence-electron chi connectivity index (χ3n) is 2.16. The first-order valence-electron chi connectivity index (χ1n) is 4.82. The van der Waals surface area contributed by atoms with Gasteiger partial charge < -0.3 is 5.11 Å². The maximum atomic E-state index is 11.3. The van der Waals surface area contributed by atoms with Crippen molar-refractivity contribution in [2.75, 3.05) is 4.90 Å². The zero-order chi connectivity index (χ0) is 13.7. The van der Waals surface area contributed by atoms with Gasteiger partial charge >= 0.3 is 5.97 Å². The SMILES string of the molecule is NN.O=C(O)c1cccc(N2C(=O)C=CC2=O)c1. The highest BCUT2D eigenvalue weighted by Gasteiger charge is 2.25. The van der Waals surface area contributed by atoms with E-state index >= 15 is 0 Å². The summed E-state index contributed by atoms with van der Waals surface area (Å²) in [7, 11) is 0. The highest BCUT2D eigenvalue weighted by Crippen LogP contribution is 2.20. The summed E-state index contributed by atoms with van der Waals surface area (Å²) in [6.07, 6.45) is 2.30. The summed E-state index contributed by atoms with van der Waals surface area (Å²) in [6, 6.07) is 5.67. The van der Waals surface area contributed by atoms with Crippen molar-refractivity contribution in [1.29, 1.82) is 0 Å². The number of hydrogen-bond donors (Lipinski definition) is 3. The number of amides is 2. The van der Waals surface area contributed by atoms with Crippen LogP contribution in [0.5, 0.6) is 0 Å². The van der Waals surface area contributed by atoms with E-state index in [0.29, 0.717) is 0 Å². The molecule has 0 atom stereocenters. The molecule has 2 rings (SSSR count). The van der Waals surface area contributed by atoms with Crippen LogP contribution in [-0.4, -0.2) is 22.9 Å². The first-order chi connectivity index (χ1) is 8.59. The van der Waals surface area contributed by atoms with Crippen LogP contribution in [0.15, 0.2) is 36.4 Å². The average Bonchev–Trinajstić information content (AvgIpc) is 2.71. The lowest BCUT2D eigenvalue weighted by Gasteiger charge is -2.13. The molecule has 1 aliphatic heterocycles. The maximum absolute atomic E-state index is 11.3. The fourth-order valence-corrected chi connectivity index (χ4v) is 1.43. The molecule has 0 spiro atoms. The number of nitrogens with zero attached hydrogens (tertiary/aromatic N) is 1. The number of aromatic carboxylic acids is 1. The highest BCUT2D eigenvalue weighted by atomic mass is 16.4. The van der Waals surface area contributed by atoms with Gasteiger partial charge in [0, 0.05) is 12.2 Å². The fourth-order valence-electron chi connectivity index (χ4n) is 1.43. The van der Waals surface area contributed by atoms with Crippen LogP contribution in [0.3, 0.4) is 0 Å². The van der Waals surface area contributed by atoms with Gasteiger partial charge in [0.1, 0.15) is 0 Å². The van der Waals surface area contributed by atoms with Gasteiger partial charge in [-0.25, -0.2) is 9.69 Å². The first kappa shape index (κ1) is 13.6. The molecule has 0 aliphatic carbocycles. The number of carbonyl (C=O) groups excluding carboxylic acids is 2. The second-order valence-electron chi connectivity index (χ2n) is 3.20. The average molecular weight is 249 g/mol. The van der Waals surface area contributed by atoms with Crippen LogP contribution in [0.2, 0.25) is 0 Å². The minimum atomic E-state index is -1.10. The minimum Gasteiger partial charge on any atom is -0.478 e. The molecule has 0 bridgehead atoms. The van der Waals surface area contributed by atoms with Gasteiger partial charge in [0.05, 0.1) is 11.3 Å². The molecule has 1 aliphatic rings. The van der Waals surface area contributed by atoms with Gasteiger partial charge in [-0.1, -0.05) is 6.07 Å². The van der Waals surface area contributed by atoms with Gasteiger partial charge in [-0.2, -0.15) is 0 Å². The Balaban J connectivity index is 0.000000771. The van der Waals surface area contributed by atoms with E-state index < -0.39 is 17.8 Å². The fraction of sp³-hybridized carbons (Fsp3) is 0. The summed E-state index contributed by atoms with van der Waals surface area (Å²) < 4.78 is 0. The molecule has 1 aromatic carbocycles. The second kappa shape index (κ2) is 5.71. The van der Waals surface area contributed by atoms with Crippen molar-refractivity contribution in [3.05, 3.63) is 42.0 Å². The van der Waals surface area contributed by atoms with Gasteiger partial charge in [-0.3, -0.25) is 21.3 Å². The van der Waals surface area contributed by atoms with Crippen LogP contribution < -0.4 is 16.6 Å². The Hall–Kier alpha value is -2.51. The van der Waals surface area contributed by atoms with Crippen molar-refractivity contribution in [3.8, 4) is 0 Å². The third-order valence-corrected chi connectivity index (χ3v) is 2.16. The normalized spacial score (nSPS) is 13.3. The molecule has 1 heterocycles. The van der Waals surface area contributed by atoms with Crippen molar-refractivity contribution in [3.63, 3.8) is 0 Å². The van der Waals surface area contributed by atoms with E-state index in [2.05, 4.69) is 11.7 Å². The number of carboxylic acids is 1. The zero-order valence-electron chi connectivity index (χ0n) is 9.24. The highest BCUT2D eigenvalue weighted by molar-refractivity contribution is 6.28. The number of carboxylic acid groups (broad SMARTS) is 1. The molecule has 18 heavy (non-hydrogen) atoms. The van der Waals surface area contributed by atoms with E-state index in [0.717, 1.165) is 17.1 Å². The lowest BCUT2D eigenvalue weighted by atomic mass is 10.2. The lowest BCUT2D eigenvalue weighted by molar-refractivity contribution is -0.119. The summed E-state index contributed by atoms with van der Waals surface area (Å²) in [5.41, 5.74) is 0.296. The van der Waals surface area contributed by atoms with Crippen LogP contribution in [0.25, 0.3) is 0 Å². The monoisotopic (exact) mass is 249 g/mol. The number of anilines is 1. The quantitative estimate of drug-likeness (QED) is 0.373. The van der Waals surface area contributed by atoms with Crippen molar-refractivity contribution in [2.24, 2.45) is 11.7 Å². The number of carbonyl (C=O) groups is 3. The summed E-state index contributed by atoms with van der Waals surface area (Å²) >= 11 is 0. The van der Waals surface area contributed by atoms with Crippen LogP contribution in [0.1, 0.15) is 10.4 Å². The van der Waals surface area contributed by atoms with Crippen molar-refractivity contribution < 1.29 is 19.5 Å². The van der Waals surface area contributed by atoms with E-state index in [4.69, 9.17) is 5.11 Å². The van der Waals surface area contributed by atoms with Gasteiger partial charge in [0.25, 0.3) is 11.8 Å². The predicted octanol–water partition coefficient (Wildman–Crippen LogP) is -0.367. The van der Waals surface area contributed by atoms with Crippen molar-refractivity contribution in [2.45, 2.75) is 0 Å². The molecule has 2 amide bonds. The van der Waals surface area contributed by atoms with Gasteiger partial charge in [0.15, 0.2) is 0 Å². The van der Waals surface area contributed by atoms with E-state index in [-0.39, 0.29) is 11.3 Å². The number of benzene rings is 1. The first-order valence-corrected chi connectivity index (χ1v) is 4.82. The number of hydrogen-bond acceptors (Lipinski definition) is 5. The summed E-state index contributed by atoms with van der Waals surface area (Å²) in [4.78, 5) is 34.3. The minimum absolute atomic E-state index is 0.0324. The van der Waals surface area contributed by atoms with E-state index in [1.54, 1.807) is 0 Å². The molecule has 0 aromatic heterocycles. The second-order valence-corrected chi connectivity index (χ2v) is 3.20. The summed E-state index contributed by atoms with van der Waals surface area (Å²) in [6.45, 7) is 0. The summed E-state index contributed by atoms with van der Waals surface area (Å²) in [5, 5.41) is 8.78. The van der Waals surface area contributed by atoms with Crippen LogP contribution in [0, 0.1) is 0 Å². The molecule has 7 nitrogen and oxygen atoms in total. The Morgan fingerprint density at radius 1 is 1.11 bits per heavy atom. The largest absolute Gasteiger partial charge is 0.478 e. The van der Waals surface area contributed by atoms with Crippen molar-refractivity contribution in [1.82, 2.24) is 0 Å². The molecule has 0 saturated carbocycles. The van der Waals surface area contributed by atoms with Gasteiger partial charge in [0.2, 0.25) is 0 Å². The van der Waals surface area contributed by atoms with Crippen LogP contribution >= 0.6 is 0 Å². The Morgan fingerprint density at radius 3 is 2.17 bits per heavy atom. The molecular formula is C11H11N3O4. The Morgan fingerprint density at radius 2 is 1.67 bits per heavy atom. The van der Waals surface area contributed by atoms with Crippen molar-refractivity contribution >= 4 is 23.5 Å². The molecule has 7 heteroatoms. The van der Waals surface area contributed by atoms with E-state index in [1.807, 2.05) is 0 Å². The predicted molar refractivity (Wildman–Crippen MR) is 63.4 cm³/mol. The molecular weight excluding hydrogens is 238 g/mol.